The number of carbonyl (C=O) groups is 3. The van der Waals surface area contributed by atoms with Crippen LogP contribution in [0, 0.1) is 0 Å². The molecule has 9 nitrogen and oxygen atoms in total. The highest BCUT2D eigenvalue weighted by molar-refractivity contribution is 6.00. The minimum Gasteiger partial charge on any atom is -0.508 e. The van der Waals surface area contributed by atoms with Crippen LogP contribution in [-0.4, -0.2) is 57.8 Å². The van der Waals surface area contributed by atoms with Crippen LogP contribution >= 0.6 is 0 Å². The molecule has 3 aromatic rings. The molecule has 4 N–H and O–H groups in total. The lowest BCUT2D eigenvalue weighted by molar-refractivity contribution is -0.141. The normalized spacial score (nSPS) is 12.9. The Morgan fingerprint density at radius 3 is 2.27 bits per heavy atom. The standard InChI is InChI=1S/C28H33N3O6/c1-18(29-27(36)37-28(2,3)4)26(35)31(15-16-32)24(22-11-7-8-12-23(22)33)25(34)30-21-14-13-19-9-5-6-10-20(19)17-21/h5-14,17-18,24,32-33H,15-16H2,1-4H3,(H,29,36)(H,30,34). The number of phenolic OH excluding ortho intramolecular Hbond substituents is 1. The van der Waals surface area contributed by atoms with Crippen LogP contribution in [0.2, 0.25) is 0 Å². The van der Waals surface area contributed by atoms with Gasteiger partial charge in [-0.05, 0) is 56.7 Å². The molecular formula is C28H33N3O6. The van der Waals surface area contributed by atoms with Gasteiger partial charge in [-0.15, -0.1) is 0 Å². The largest absolute Gasteiger partial charge is 0.508 e. The lowest BCUT2D eigenvalue weighted by Crippen LogP contribution is -2.51. The molecule has 0 aromatic heterocycles. The summed E-state index contributed by atoms with van der Waals surface area (Å²) in [5.41, 5.74) is -0.0945. The van der Waals surface area contributed by atoms with Gasteiger partial charge in [0.15, 0.2) is 0 Å². The van der Waals surface area contributed by atoms with Crippen LogP contribution < -0.4 is 10.6 Å². The number of aromatic hydroxyl groups is 1. The first-order chi connectivity index (χ1) is 17.5. The van der Waals surface area contributed by atoms with E-state index < -0.39 is 42.2 Å². The molecule has 0 saturated carbocycles. The van der Waals surface area contributed by atoms with E-state index in [4.69, 9.17) is 4.74 Å². The Morgan fingerprint density at radius 2 is 1.62 bits per heavy atom. The van der Waals surface area contributed by atoms with Crippen LogP contribution in [0.15, 0.2) is 66.7 Å². The summed E-state index contributed by atoms with van der Waals surface area (Å²) in [5, 5.41) is 27.5. The smallest absolute Gasteiger partial charge is 0.408 e. The topological polar surface area (TPSA) is 128 Å². The summed E-state index contributed by atoms with van der Waals surface area (Å²) in [4.78, 5) is 40.5. The molecule has 0 aliphatic carbocycles. The van der Waals surface area contributed by atoms with E-state index in [0.717, 1.165) is 15.7 Å². The molecule has 0 radical (unpaired) electrons. The van der Waals surface area contributed by atoms with Gasteiger partial charge in [-0.1, -0.05) is 48.5 Å². The number of benzene rings is 3. The second-order valence-electron chi connectivity index (χ2n) is 9.64. The number of nitrogens with one attached hydrogen (secondary N) is 2. The fraction of sp³-hybridized carbons (Fsp3) is 0.321. The van der Waals surface area contributed by atoms with E-state index in [2.05, 4.69) is 10.6 Å². The average Bonchev–Trinajstić information content (AvgIpc) is 2.83. The minimum atomic E-state index is -1.30. The van der Waals surface area contributed by atoms with Gasteiger partial charge >= 0.3 is 6.09 Å². The molecule has 3 rings (SSSR count). The molecule has 3 aromatic carbocycles. The first-order valence-electron chi connectivity index (χ1n) is 12.0. The van der Waals surface area contributed by atoms with Crippen LogP contribution in [0.3, 0.4) is 0 Å². The summed E-state index contributed by atoms with van der Waals surface area (Å²) in [5.74, 6) is -1.42. The number of phenols is 1. The molecule has 0 aliphatic heterocycles. The number of aliphatic hydroxyl groups is 1. The number of aliphatic hydroxyl groups excluding tert-OH is 1. The van der Waals surface area contributed by atoms with Gasteiger partial charge < -0.3 is 30.5 Å². The summed E-state index contributed by atoms with van der Waals surface area (Å²) >= 11 is 0. The second kappa shape index (κ2) is 11.7. The molecule has 37 heavy (non-hydrogen) atoms. The van der Waals surface area contributed by atoms with Gasteiger partial charge in [0, 0.05) is 17.8 Å². The van der Waals surface area contributed by atoms with E-state index in [-0.39, 0.29) is 17.9 Å². The van der Waals surface area contributed by atoms with Crippen LogP contribution in [-0.2, 0) is 14.3 Å². The van der Waals surface area contributed by atoms with Crippen molar-refractivity contribution >= 4 is 34.4 Å². The van der Waals surface area contributed by atoms with Crippen LogP contribution in [0.25, 0.3) is 10.8 Å². The Kier molecular flexibility index (Phi) is 8.73. The molecule has 196 valence electrons. The van der Waals surface area contributed by atoms with Crippen LogP contribution in [0.1, 0.15) is 39.3 Å². The molecule has 2 unspecified atom stereocenters. The van der Waals surface area contributed by atoms with E-state index >= 15 is 0 Å². The number of rotatable bonds is 8. The number of hydrogen-bond acceptors (Lipinski definition) is 6. The van der Waals surface area contributed by atoms with Crippen molar-refractivity contribution < 1.29 is 29.3 Å². The average molecular weight is 508 g/mol. The van der Waals surface area contributed by atoms with Crippen molar-refractivity contribution in [2.45, 2.75) is 45.4 Å². The first kappa shape index (κ1) is 27.5. The third kappa shape index (κ3) is 7.20. The number of carbonyl (C=O) groups excluding carboxylic acids is 3. The zero-order valence-corrected chi connectivity index (χ0v) is 21.4. The van der Waals surface area contributed by atoms with E-state index in [1.165, 1.54) is 19.1 Å². The first-order valence-corrected chi connectivity index (χ1v) is 12.0. The Hall–Kier alpha value is -4.11. The molecule has 0 aliphatic rings. The van der Waals surface area contributed by atoms with Gasteiger partial charge in [-0.3, -0.25) is 9.59 Å². The number of fused-ring (bicyclic) bond motifs is 1. The molecule has 2 atom stereocenters. The number of nitrogens with zero attached hydrogens (tertiary/aromatic N) is 1. The van der Waals surface area contributed by atoms with Crippen LogP contribution in [0.4, 0.5) is 10.5 Å². The van der Waals surface area contributed by atoms with Crippen molar-refractivity contribution in [3.05, 3.63) is 72.3 Å². The van der Waals surface area contributed by atoms with Crippen molar-refractivity contribution in [3.63, 3.8) is 0 Å². The molecular weight excluding hydrogens is 474 g/mol. The fourth-order valence-corrected chi connectivity index (χ4v) is 3.92. The molecule has 9 heteroatoms. The number of ether oxygens (including phenoxy) is 1. The lowest BCUT2D eigenvalue weighted by atomic mass is 10.0. The summed E-state index contributed by atoms with van der Waals surface area (Å²) in [7, 11) is 0. The third-order valence-corrected chi connectivity index (χ3v) is 5.54. The number of hydrogen-bond donors (Lipinski definition) is 4. The molecule has 0 spiro atoms. The Morgan fingerprint density at radius 1 is 0.973 bits per heavy atom. The molecule has 3 amide bonds. The summed E-state index contributed by atoms with van der Waals surface area (Å²) in [6.07, 6.45) is -0.794. The van der Waals surface area contributed by atoms with Crippen molar-refractivity contribution in [2.24, 2.45) is 0 Å². The molecule has 0 bridgehead atoms. The van der Waals surface area contributed by atoms with Crippen molar-refractivity contribution in [1.82, 2.24) is 10.2 Å². The van der Waals surface area contributed by atoms with Crippen molar-refractivity contribution in [2.75, 3.05) is 18.5 Å². The highest BCUT2D eigenvalue weighted by Gasteiger charge is 2.36. The maximum Gasteiger partial charge on any atom is 0.408 e. The van der Waals surface area contributed by atoms with E-state index in [1.807, 2.05) is 30.3 Å². The number of amides is 3. The zero-order chi connectivity index (χ0) is 27.2. The number of para-hydroxylation sites is 1. The third-order valence-electron chi connectivity index (χ3n) is 5.54. The minimum absolute atomic E-state index is 0.173. The van der Waals surface area contributed by atoms with Gasteiger partial charge in [-0.25, -0.2) is 4.79 Å². The Balaban J connectivity index is 1.94. The molecule has 0 fully saturated rings. The van der Waals surface area contributed by atoms with E-state index in [0.29, 0.717) is 5.69 Å². The summed E-state index contributed by atoms with van der Waals surface area (Å²) in [6, 6.07) is 16.9. The maximum absolute atomic E-state index is 13.6. The summed E-state index contributed by atoms with van der Waals surface area (Å²) < 4.78 is 5.23. The highest BCUT2D eigenvalue weighted by Crippen LogP contribution is 2.31. The molecule has 0 heterocycles. The summed E-state index contributed by atoms with van der Waals surface area (Å²) in [6.45, 7) is 5.88. The van der Waals surface area contributed by atoms with Gasteiger partial charge in [0.05, 0.1) is 6.61 Å². The maximum atomic E-state index is 13.6. The Labute approximate surface area is 216 Å². The van der Waals surface area contributed by atoms with Gasteiger partial charge in [-0.2, -0.15) is 0 Å². The van der Waals surface area contributed by atoms with Gasteiger partial charge in [0.1, 0.15) is 23.4 Å². The van der Waals surface area contributed by atoms with Crippen LogP contribution in [0.5, 0.6) is 5.75 Å². The highest BCUT2D eigenvalue weighted by atomic mass is 16.6. The monoisotopic (exact) mass is 507 g/mol. The van der Waals surface area contributed by atoms with E-state index in [9.17, 15) is 24.6 Å². The second-order valence-corrected chi connectivity index (χ2v) is 9.64. The van der Waals surface area contributed by atoms with Gasteiger partial charge in [0.2, 0.25) is 5.91 Å². The zero-order valence-electron chi connectivity index (χ0n) is 21.4. The SMILES string of the molecule is CC(NC(=O)OC(C)(C)C)C(=O)N(CCO)C(C(=O)Nc1ccc2ccccc2c1)c1ccccc1O. The predicted molar refractivity (Wildman–Crippen MR) is 141 cm³/mol. The Bertz CT molecular complexity index is 1270. The van der Waals surface area contributed by atoms with Crippen molar-refractivity contribution in [1.29, 1.82) is 0 Å². The van der Waals surface area contributed by atoms with Gasteiger partial charge in [0.25, 0.3) is 5.91 Å². The van der Waals surface area contributed by atoms with E-state index in [1.54, 1.807) is 45.0 Å². The predicted octanol–water partition coefficient (Wildman–Crippen LogP) is 3.96. The fourth-order valence-electron chi connectivity index (χ4n) is 3.92. The lowest BCUT2D eigenvalue weighted by Gasteiger charge is -2.33. The molecule has 0 saturated heterocycles. The number of anilines is 1. The number of alkyl carbamates (subject to hydrolysis) is 1. The van der Waals surface area contributed by atoms with Crippen molar-refractivity contribution in [3.8, 4) is 5.75 Å². The quantitative estimate of drug-likeness (QED) is 0.365.